The van der Waals surface area contributed by atoms with Gasteiger partial charge < -0.3 is 29.9 Å². The molecule has 0 bridgehead atoms. The van der Waals surface area contributed by atoms with Gasteiger partial charge in [-0.2, -0.15) is 0 Å². The third-order valence-electron chi connectivity index (χ3n) is 8.68. The average molecular weight is 644 g/mol. The highest BCUT2D eigenvalue weighted by Gasteiger charge is 2.58. The summed E-state index contributed by atoms with van der Waals surface area (Å²) in [5.41, 5.74) is 1.78. The van der Waals surface area contributed by atoms with E-state index in [1.807, 2.05) is 30.3 Å². The molecule has 2 N–H and O–H groups in total. The number of aryl methyl sites for hydroxylation is 1. The molecule has 13 heteroatoms. The Morgan fingerprint density at radius 2 is 1.77 bits per heavy atom. The zero-order chi connectivity index (χ0) is 33.1. The zero-order valence-electron chi connectivity index (χ0n) is 25.7. The molecule has 0 unspecified atom stereocenters. The van der Waals surface area contributed by atoms with Gasteiger partial charge in [-0.05, 0) is 47.4 Å². The summed E-state index contributed by atoms with van der Waals surface area (Å²) in [6, 6.07) is 19.7. The number of nitrogens with one attached hydrogen (secondary N) is 2. The number of urea groups is 1. The third-order valence-corrected chi connectivity index (χ3v) is 8.68. The largest absolute Gasteiger partial charge is 0.445 e. The first-order chi connectivity index (χ1) is 22.6. The van der Waals surface area contributed by atoms with Gasteiger partial charge in [-0.25, -0.2) is 23.7 Å². The minimum Gasteiger partial charge on any atom is -0.445 e. The van der Waals surface area contributed by atoms with Gasteiger partial charge in [0.1, 0.15) is 19.0 Å². The lowest BCUT2D eigenvalue weighted by Crippen LogP contribution is -2.55. The molecule has 0 radical (unpaired) electrons. The minimum absolute atomic E-state index is 0.0736. The molecular weight excluding hydrogens is 609 g/mol. The molecule has 0 aromatic heterocycles. The lowest BCUT2D eigenvalue weighted by Gasteiger charge is -2.41. The number of hydrogen-bond acceptors (Lipinski definition) is 7. The Kier molecular flexibility index (Phi) is 8.79. The smallest absolute Gasteiger partial charge is 0.418 e. The number of amides is 6. The van der Waals surface area contributed by atoms with E-state index in [4.69, 9.17) is 9.47 Å². The van der Waals surface area contributed by atoms with Crippen LogP contribution in [0.1, 0.15) is 28.7 Å². The molecule has 2 fully saturated rings. The molecule has 244 valence electrons. The maximum Gasteiger partial charge on any atom is 0.418 e. The van der Waals surface area contributed by atoms with E-state index in [0.29, 0.717) is 36.3 Å². The van der Waals surface area contributed by atoms with Gasteiger partial charge in [-0.15, -0.1) is 0 Å². The Bertz CT molecular complexity index is 1700. The van der Waals surface area contributed by atoms with Crippen molar-refractivity contribution in [2.75, 3.05) is 38.5 Å². The number of rotatable bonds is 9. The molecule has 2 aliphatic heterocycles. The van der Waals surface area contributed by atoms with Gasteiger partial charge in [0, 0.05) is 56.8 Å². The summed E-state index contributed by atoms with van der Waals surface area (Å²) < 4.78 is 24.7. The average Bonchev–Trinajstić information content (AvgIpc) is 3.53. The second kappa shape index (κ2) is 13.1. The zero-order valence-corrected chi connectivity index (χ0v) is 25.7. The first kappa shape index (κ1) is 31.5. The molecule has 1 aliphatic carbocycles. The quantitative estimate of drug-likeness (QED) is 0.360. The van der Waals surface area contributed by atoms with E-state index >= 15 is 0 Å². The fourth-order valence-electron chi connectivity index (χ4n) is 6.18. The van der Waals surface area contributed by atoms with Crippen LogP contribution in [0.15, 0.2) is 72.8 Å². The number of carbonyl (C=O) groups is 5. The number of fused-ring (bicyclic) bond motifs is 2. The van der Waals surface area contributed by atoms with E-state index in [-0.39, 0.29) is 32.0 Å². The van der Waals surface area contributed by atoms with Crippen LogP contribution < -0.4 is 10.6 Å². The van der Waals surface area contributed by atoms with Crippen LogP contribution in [0.2, 0.25) is 0 Å². The second-order valence-electron chi connectivity index (χ2n) is 11.9. The third kappa shape index (κ3) is 6.60. The van der Waals surface area contributed by atoms with Gasteiger partial charge in [0.05, 0.1) is 0 Å². The van der Waals surface area contributed by atoms with Gasteiger partial charge in [-0.1, -0.05) is 48.5 Å². The maximum atomic E-state index is 13.8. The van der Waals surface area contributed by atoms with Gasteiger partial charge in [0.2, 0.25) is 11.5 Å². The van der Waals surface area contributed by atoms with Gasteiger partial charge in [0.25, 0.3) is 5.91 Å². The normalized spacial score (nSPS) is 18.4. The first-order valence-electron chi connectivity index (χ1n) is 15.3. The van der Waals surface area contributed by atoms with Crippen molar-refractivity contribution in [1.82, 2.24) is 20.0 Å². The minimum atomic E-state index is -1.55. The highest BCUT2D eigenvalue weighted by atomic mass is 19.1. The molecule has 12 nitrogen and oxygen atoms in total. The molecule has 3 aromatic carbocycles. The van der Waals surface area contributed by atoms with Crippen molar-refractivity contribution >= 4 is 35.7 Å². The Labute approximate surface area is 270 Å². The second-order valence-corrected chi connectivity index (χ2v) is 11.9. The lowest BCUT2D eigenvalue weighted by atomic mass is 9.94. The van der Waals surface area contributed by atoms with Crippen LogP contribution >= 0.6 is 0 Å². The van der Waals surface area contributed by atoms with Crippen molar-refractivity contribution in [3.05, 3.63) is 101 Å². The monoisotopic (exact) mass is 643 g/mol. The summed E-state index contributed by atoms with van der Waals surface area (Å²) in [5, 5.41) is 5.16. The summed E-state index contributed by atoms with van der Waals surface area (Å²) in [4.78, 5) is 68.8. The number of benzene rings is 3. The first-order valence-corrected chi connectivity index (χ1v) is 15.3. The predicted octanol–water partition coefficient (Wildman–Crippen LogP) is 3.99. The molecule has 1 atom stereocenters. The fraction of sp³-hybridized carbons (Fsp3) is 0.324. The number of nitrogens with zero attached hydrogens (tertiary/aromatic N) is 3. The number of carbonyl (C=O) groups excluding carboxylic acids is 5. The van der Waals surface area contributed by atoms with Crippen LogP contribution in [-0.4, -0.2) is 78.0 Å². The van der Waals surface area contributed by atoms with E-state index in [0.717, 1.165) is 16.0 Å². The summed E-state index contributed by atoms with van der Waals surface area (Å²) >= 11 is 0. The van der Waals surface area contributed by atoms with Gasteiger partial charge in [0.15, 0.2) is 0 Å². The number of anilines is 1. The van der Waals surface area contributed by atoms with Crippen LogP contribution in [0.25, 0.3) is 0 Å². The molecule has 2 saturated heterocycles. The number of imide groups is 1. The molecule has 2 heterocycles. The maximum absolute atomic E-state index is 13.8. The lowest BCUT2D eigenvalue weighted by molar-refractivity contribution is -0.142. The van der Waals surface area contributed by atoms with E-state index in [1.54, 1.807) is 35.2 Å². The molecule has 6 amide bonds. The Morgan fingerprint density at radius 3 is 2.49 bits per heavy atom. The summed E-state index contributed by atoms with van der Waals surface area (Å²) in [5.74, 6) is -1.61. The van der Waals surface area contributed by atoms with Crippen molar-refractivity contribution in [1.29, 1.82) is 0 Å². The van der Waals surface area contributed by atoms with Crippen LogP contribution in [-0.2, 0) is 44.2 Å². The summed E-state index contributed by atoms with van der Waals surface area (Å²) in [7, 11) is 1.50. The van der Waals surface area contributed by atoms with Gasteiger partial charge >= 0.3 is 18.2 Å². The predicted molar refractivity (Wildman–Crippen MR) is 166 cm³/mol. The highest BCUT2D eigenvalue weighted by Crippen LogP contribution is 2.46. The van der Waals surface area contributed by atoms with E-state index in [2.05, 4.69) is 10.6 Å². The molecular formula is C34H34FN5O7. The van der Waals surface area contributed by atoms with E-state index in [9.17, 15) is 28.4 Å². The van der Waals surface area contributed by atoms with Crippen molar-refractivity contribution in [3.63, 3.8) is 0 Å². The van der Waals surface area contributed by atoms with Crippen molar-refractivity contribution in [2.24, 2.45) is 5.92 Å². The number of halogens is 1. The molecule has 6 rings (SSSR count). The van der Waals surface area contributed by atoms with Crippen LogP contribution in [0.5, 0.6) is 0 Å². The van der Waals surface area contributed by atoms with Crippen molar-refractivity contribution < 1.29 is 37.8 Å². The van der Waals surface area contributed by atoms with Gasteiger partial charge in [-0.3, -0.25) is 9.59 Å². The standard InChI is InChI=1S/C34H34FN5O7/c1-36-31(43)37-27-11-12-28-25(15-27)13-14-34(28)30(42)40(33(45)47-34)20-29(41)38(16-22-7-9-26(35)10-8-22)17-24-18-39(19-24)32(44)46-21-23-5-3-2-4-6-23/h2-12,15,24H,13-14,16-21H2,1H3,(H2,36,37,43)/t34-/m1/s1. The van der Waals surface area contributed by atoms with Crippen molar-refractivity contribution in [2.45, 2.75) is 31.6 Å². The molecule has 47 heavy (non-hydrogen) atoms. The Balaban J connectivity index is 1.11. The van der Waals surface area contributed by atoms with Crippen LogP contribution in [0.4, 0.5) is 24.5 Å². The van der Waals surface area contributed by atoms with E-state index < -0.39 is 48.0 Å². The molecule has 3 aromatic rings. The fourth-order valence-corrected chi connectivity index (χ4v) is 6.18. The van der Waals surface area contributed by atoms with Crippen LogP contribution in [0, 0.1) is 11.7 Å². The molecule has 0 saturated carbocycles. The summed E-state index contributed by atoms with van der Waals surface area (Å²) in [6.45, 7) is 0.688. The highest BCUT2D eigenvalue weighted by molar-refractivity contribution is 6.06. The SMILES string of the molecule is CNC(=O)Nc1ccc2c(c1)CC[C@@]21OC(=O)N(CC(=O)N(Cc2ccc(F)cc2)CC2CN(C(=O)OCc3ccccc3)C2)C1=O. The topological polar surface area (TPSA) is 138 Å². The number of hydrogen-bond donors (Lipinski definition) is 2. The number of ether oxygens (including phenoxy) is 2. The van der Waals surface area contributed by atoms with E-state index in [1.165, 1.54) is 24.1 Å². The molecule has 3 aliphatic rings. The van der Waals surface area contributed by atoms with Crippen LogP contribution in [0.3, 0.4) is 0 Å². The molecule has 1 spiro atoms. The Hall–Kier alpha value is -5.46. The number of likely N-dealkylation sites (tertiary alicyclic amines) is 1. The Morgan fingerprint density at radius 1 is 1.02 bits per heavy atom. The summed E-state index contributed by atoms with van der Waals surface area (Å²) in [6.07, 6.45) is -0.729. The van der Waals surface area contributed by atoms with Crippen molar-refractivity contribution in [3.8, 4) is 0 Å².